The van der Waals surface area contributed by atoms with Crippen LogP contribution in [0.5, 0.6) is 5.75 Å². The van der Waals surface area contributed by atoms with E-state index in [1.54, 1.807) is 13.2 Å². The number of thiophene rings is 1. The first-order valence-electron chi connectivity index (χ1n) is 8.97. The Morgan fingerprint density at radius 1 is 1.04 bits per heavy atom. The molecule has 142 valence electrons. The predicted molar refractivity (Wildman–Crippen MR) is 108 cm³/mol. The van der Waals surface area contributed by atoms with E-state index in [1.807, 2.05) is 17.5 Å². The molecule has 1 fully saturated rings. The van der Waals surface area contributed by atoms with Gasteiger partial charge in [-0.1, -0.05) is 0 Å². The van der Waals surface area contributed by atoms with E-state index in [1.165, 1.54) is 21.6 Å². The van der Waals surface area contributed by atoms with Crippen molar-refractivity contribution in [3.63, 3.8) is 0 Å². The molecule has 27 heavy (non-hydrogen) atoms. The van der Waals surface area contributed by atoms with Crippen LogP contribution in [0, 0.1) is 0 Å². The maximum absolute atomic E-state index is 12.5. The van der Waals surface area contributed by atoms with Crippen molar-refractivity contribution in [3.05, 3.63) is 56.5 Å². The summed E-state index contributed by atoms with van der Waals surface area (Å²) in [7, 11) is 1.67. The predicted octanol–water partition coefficient (Wildman–Crippen LogP) is 1.58. The van der Waals surface area contributed by atoms with E-state index in [0.29, 0.717) is 23.3 Å². The minimum absolute atomic E-state index is 0.202. The van der Waals surface area contributed by atoms with Crippen LogP contribution in [0.2, 0.25) is 0 Å². The number of aromatic amines is 1. The van der Waals surface area contributed by atoms with Crippen molar-refractivity contribution in [2.75, 3.05) is 44.7 Å². The average molecular weight is 386 g/mol. The highest BCUT2D eigenvalue weighted by atomic mass is 32.1. The highest BCUT2D eigenvalue weighted by Gasteiger charge is 2.18. The van der Waals surface area contributed by atoms with Gasteiger partial charge in [0.05, 0.1) is 12.5 Å². The van der Waals surface area contributed by atoms with Gasteiger partial charge in [0.15, 0.2) is 0 Å². The molecule has 8 heteroatoms. The molecule has 0 bridgehead atoms. The van der Waals surface area contributed by atoms with Crippen molar-refractivity contribution in [1.29, 1.82) is 0 Å². The van der Waals surface area contributed by atoms with E-state index in [4.69, 9.17) is 4.74 Å². The van der Waals surface area contributed by atoms with Gasteiger partial charge in [0.25, 0.3) is 5.56 Å². The molecule has 4 rings (SSSR count). The van der Waals surface area contributed by atoms with Gasteiger partial charge >= 0.3 is 5.69 Å². The molecule has 0 amide bonds. The molecule has 2 aromatic heterocycles. The second kappa shape index (κ2) is 7.58. The lowest BCUT2D eigenvalue weighted by Crippen LogP contribution is -2.48. The van der Waals surface area contributed by atoms with Crippen LogP contribution in [0.4, 0.5) is 5.69 Å². The number of hydrogen-bond donors (Lipinski definition) is 1. The third-order valence-corrected chi connectivity index (χ3v) is 5.89. The first kappa shape index (κ1) is 17.8. The maximum atomic E-state index is 12.5. The van der Waals surface area contributed by atoms with E-state index < -0.39 is 0 Å². The van der Waals surface area contributed by atoms with Crippen LogP contribution < -0.4 is 20.9 Å². The van der Waals surface area contributed by atoms with E-state index in [0.717, 1.165) is 31.9 Å². The van der Waals surface area contributed by atoms with Gasteiger partial charge in [-0.25, -0.2) is 4.79 Å². The van der Waals surface area contributed by atoms with Crippen molar-refractivity contribution in [2.24, 2.45) is 0 Å². The summed E-state index contributed by atoms with van der Waals surface area (Å²) in [5.41, 5.74) is 0.657. The van der Waals surface area contributed by atoms with Gasteiger partial charge in [-0.05, 0) is 35.7 Å². The Morgan fingerprint density at radius 2 is 1.78 bits per heavy atom. The fraction of sp³-hybridized carbons (Fsp3) is 0.368. The second-order valence-corrected chi connectivity index (χ2v) is 7.49. The van der Waals surface area contributed by atoms with E-state index >= 15 is 0 Å². The Bertz CT molecular complexity index is 1030. The summed E-state index contributed by atoms with van der Waals surface area (Å²) in [5.74, 6) is 0.857. The quantitative estimate of drug-likeness (QED) is 0.721. The molecule has 0 aliphatic carbocycles. The highest BCUT2D eigenvalue weighted by Crippen LogP contribution is 2.20. The zero-order valence-electron chi connectivity index (χ0n) is 15.2. The molecule has 0 radical (unpaired) electrons. The van der Waals surface area contributed by atoms with Gasteiger partial charge in [0.2, 0.25) is 0 Å². The van der Waals surface area contributed by atoms with Gasteiger partial charge in [0.1, 0.15) is 10.6 Å². The lowest BCUT2D eigenvalue weighted by atomic mass is 10.2. The zero-order valence-corrected chi connectivity index (χ0v) is 16.0. The molecular weight excluding hydrogens is 364 g/mol. The van der Waals surface area contributed by atoms with E-state index in [9.17, 15) is 9.59 Å². The highest BCUT2D eigenvalue weighted by molar-refractivity contribution is 7.16. The van der Waals surface area contributed by atoms with Crippen LogP contribution in [-0.4, -0.2) is 54.3 Å². The molecule has 1 aliphatic rings. The fourth-order valence-corrected chi connectivity index (χ4v) is 4.21. The van der Waals surface area contributed by atoms with E-state index in [2.05, 4.69) is 26.9 Å². The van der Waals surface area contributed by atoms with Crippen molar-refractivity contribution < 1.29 is 4.74 Å². The normalized spacial score (nSPS) is 15.4. The van der Waals surface area contributed by atoms with Crippen molar-refractivity contribution in [1.82, 2.24) is 14.5 Å². The molecule has 0 saturated carbocycles. The molecule has 1 aromatic carbocycles. The first-order valence-corrected chi connectivity index (χ1v) is 9.85. The minimum atomic E-state index is -0.327. The number of hydrogen-bond acceptors (Lipinski definition) is 6. The number of anilines is 1. The smallest absolute Gasteiger partial charge is 0.329 e. The maximum Gasteiger partial charge on any atom is 0.329 e. The van der Waals surface area contributed by atoms with Crippen LogP contribution in [-0.2, 0) is 6.54 Å². The number of rotatable bonds is 5. The van der Waals surface area contributed by atoms with Gasteiger partial charge < -0.3 is 9.64 Å². The van der Waals surface area contributed by atoms with Gasteiger partial charge in [-0.3, -0.25) is 19.2 Å². The topological polar surface area (TPSA) is 70.6 Å². The minimum Gasteiger partial charge on any atom is -0.497 e. The summed E-state index contributed by atoms with van der Waals surface area (Å²) >= 11 is 1.38. The summed E-state index contributed by atoms with van der Waals surface area (Å²) in [5, 5.41) is 2.41. The monoisotopic (exact) mass is 386 g/mol. The largest absolute Gasteiger partial charge is 0.497 e. The van der Waals surface area contributed by atoms with Gasteiger partial charge in [0, 0.05) is 45.0 Å². The third kappa shape index (κ3) is 3.63. The molecule has 0 unspecified atom stereocenters. The Hall–Kier alpha value is -2.58. The van der Waals surface area contributed by atoms with Crippen LogP contribution in [0.3, 0.4) is 0 Å². The van der Waals surface area contributed by atoms with Crippen LogP contribution in [0.25, 0.3) is 10.2 Å². The summed E-state index contributed by atoms with van der Waals surface area (Å²) in [4.78, 5) is 32.8. The van der Waals surface area contributed by atoms with Crippen molar-refractivity contribution in [2.45, 2.75) is 6.54 Å². The van der Waals surface area contributed by atoms with Gasteiger partial charge in [-0.2, -0.15) is 0 Å². The molecule has 1 N–H and O–H groups in total. The summed E-state index contributed by atoms with van der Waals surface area (Å²) < 4.78 is 6.52. The summed E-state index contributed by atoms with van der Waals surface area (Å²) in [6, 6.07) is 9.86. The number of methoxy groups -OCH3 is 1. The Balaban J connectivity index is 1.37. The second-order valence-electron chi connectivity index (χ2n) is 6.58. The summed E-state index contributed by atoms with van der Waals surface area (Å²) in [6.07, 6.45) is 0. The molecule has 3 heterocycles. The summed E-state index contributed by atoms with van der Waals surface area (Å²) in [6.45, 7) is 4.73. The lowest BCUT2D eigenvalue weighted by molar-refractivity contribution is 0.246. The third-order valence-electron chi connectivity index (χ3n) is 5.06. The number of nitrogens with one attached hydrogen (secondary N) is 1. The van der Waals surface area contributed by atoms with Crippen LogP contribution in [0.15, 0.2) is 45.3 Å². The number of fused-ring (bicyclic) bond motifs is 1. The Kier molecular flexibility index (Phi) is 5.00. The number of nitrogens with zero attached hydrogens (tertiary/aromatic N) is 3. The van der Waals surface area contributed by atoms with Crippen molar-refractivity contribution in [3.8, 4) is 5.75 Å². The lowest BCUT2D eigenvalue weighted by Gasteiger charge is -2.36. The number of H-pyrrole nitrogens is 1. The molecule has 7 nitrogen and oxygen atoms in total. The zero-order chi connectivity index (χ0) is 18.8. The van der Waals surface area contributed by atoms with Crippen LogP contribution >= 0.6 is 11.3 Å². The molecule has 1 saturated heterocycles. The number of benzene rings is 1. The average Bonchev–Trinajstić information content (AvgIpc) is 3.17. The number of piperazine rings is 1. The molecular formula is C19H22N4O3S. The Labute approximate surface area is 160 Å². The molecule has 3 aromatic rings. The van der Waals surface area contributed by atoms with Gasteiger partial charge in [-0.15, -0.1) is 11.3 Å². The molecule has 1 aliphatic heterocycles. The Morgan fingerprint density at radius 3 is 2.48 bits per heavy atom. The number of aromatic nitrogens is 2. The molecule has 0 atom stereocenters. The van der Waals surface area contributed by atoms with Crippen molar-refractivity contribution >= 4 is 27.2 Å². The molecule has 0 spiro atoms. The SMILES string of the molecule is COc1ccc(N2CCN(CCn3c(=O)[nH]c4sccc4c3=O)CC2)cc1. The first-order chi connectivity index (χ1) is 13.2. The van der Waals surface area contributed by atoms with E-state index in [-0.39, 0.29) is 11.2 Å². The fourth-order valence-electron chi connectivity index (χ4n) is 3.44. The number of ether oxygens (including phenoxy) is 1. The van der Waals surface area contributed by atoms with Crippen LogP contribution in [0.1, 0.15) is 0 Å². The standard InChI is InChI=1S/C19H22N4O3S/c1-26-15-4-2-14(3-5-15)22-10-7-21(8-11-22)9-12-23-18(24)16-6-13-27-17(16)20-19(23)25/h2-6,13H,7-12H2,1H3,(H,20,25).